The lowest BCUT2D eigenvalue weighted by Gasteiger charge is -2.27. The monoisotopic (exact) mass is 472 g/mol. The summed E-state index contributed by atoms with van der Waals surface area (Å²) in [5.41, 5.74) is -3.61. The van der Waals surface area contributed by atoms with Gasteiger partial charge in [-0.2, -0.15) is 13.2 Å². The first-order valence-corrected chi connectivity index (χ1v) is 10.3. The summed E-state index contributed by atoms with van der Waals surface area (Å²) in [6.07, 6.45) is -3.53. The molecule has 2 aromatic heterocycles. The number of likely N-dealkylation sites (tertiary alicyclic amines) is 1. The van der Waals surface area contributed by atoms with Gasteiger partial charge in [-0.15, -0.1) is 0 Å². The van der Waals surface area contributed by atoms with E-state index in [1.54, 1.807) is 18.2 Å². The molecule has 3 heterocycles. The highest BCUT2D eigenvalue weighted by Gasteiger charge is 2.69. The Hall–Kier alpha value is -4.02. The number of carboxylic acid groups (broad SMARTS) is 1. The van der Waals surface area contributed by atoms with Gasteiger partial charge in [-0.25, -0.2) is 4.79 Å². The van der Waals surface area contributed by atoms with Crippen molar-refractivity contribution in [3.63, 3.8) is 0 Å². The van der Waals surface area contributed by atoms with Crippen LogP contribution in [-0.2, 0) is 11.6 Å². The minimum absolute atomic E-state index is 0.0291. The molecule has 6 rings (SSSR count). The van der Waals surface area contributed by atoms with Crippen molar-refractivity contribution in [2.45, 2.75) is 18.0 Å². The lowest BCUT2D eigenvalue weighted by Crippen LogP contribution is -2.34. The van der Waals surface area contributed by atoms with E-state index in [4.69, 9.17) is 9.15 Å². The number of nitrogens with one attached hydrogen (secondary N) is 1. The van der Waals surface area contributed by atoms with E-state index in [0.717, 1.165) is 6.08 Å². The van der Waals surface area contributed by atoms with Gasteiger partial charge in [0.25, 0.3) is 5.91 Å². The molecule has 2 fully saturated rings. The quantitative estimate of drug-likeness (QED) is 0.596. The summed E-state index contributed by atoms with van der Waals surface area (Å²) >= 11 is 0. The summed E-state index contributed by atoms with van der Waals surface area (Å²) in [5.74, 6) is -3.09. The highest BCUT2D eigenvalue weighted by molar-refractivity contribution is 6.11. The number of fused-ring (bicyclic) bond motifs is 2. The molecule has 174 valence electrons. The zero-order valence-corrected chi connectivity index (χ0v) is 17.4. The van der Waals surface area contributed by atoms with Gasteiger partial charge >= 0.3 is 12.1 Å². The Bertz CT molecular complexity index is 1480. The standard InChI is InChI=1S/C23H15F3N2O6/c1-33-12-4-2-3-9-5-13(34-18(9)12)20(30)28-8-10-7-22(10)14(28)6-11(29)17-16(22)15(21(31)32)19(27-17)23(24,25)26/h2-6,10,27H,7-8H2,1H3,(H,31,32)/t10-,22+/m1/s1. The number of piperidine rings is 1. The largest absolute Gasteiger partial charge is 0.493 e. The van der Waals surface area contributed by atoms with E-state index in [1.165, 1.54) is 18.1 Å². The van der Waals surface area contributed by atoms with Crippen LogP contribution >= 0.6 is 0 Å². The van der Waals surface area contributed by atoms with Crippen LogP contribution in [0.15, 0.2) is 40.5 Å². The van der Waals surface area contributed by atoms with E-state index < -0.39 is 46.2 Å². The number of alkyl halides is 3. The second-order valence-corrected chi connectivity index (χ2v) is 8.60. The number of aromatic nitrogens is 1. The molecule has 1 aromatic carbocycles. The summed E-state index contributed by atoms with van der Waals surface area (Å²) in [6, 6.07) is 6.65. The van der Waals surface area contributed by atoms with Crippen LogP contribution in [0.2, 0.25) is 0 Å². The number of benzene rings is 1. The number of carbonyl (C=O) groups excluding carboxylic acids is 2. The van der Waals surface area contributed by atoms with Crippen LogP contribution in [0.4, 0.5) is 13.2 Å². The van der Waals surface area contributed by atoms with E-state index >= 15 is 0 Å². The van der Waals surface area contributed by atoms with Crippen LogP contribution < -0.4 is 4.74 Å². The van der Waals surface area contributed by atoms with Gasteiger partial charge in [0.2, 0.25) is 5.78 Å². The Morgan fingerprint density at radius 3 is 2.76 bits per heavy atom. The number of rotatable bonds is 3. The Kier molecular flexibility index (Phi) is 3.82. The van der Waals surface area contributed by atoms with Gasteiger partial charge in [0.05, 0.1) is 18.4 Å². The highest BCUT2D eigenvalue weighted by Crippen LogP contribution is 2.68. The molecule has 1 saturated heterocycles. The number of ether oxygens (including phenoxy) is 1. The number of halogens is 3. The van der Waals surface area contributed by atoms with Crippen LogP contribution in [0.5, 0.6) is 5.75 Å². The van der Waals surface area contributed by atoms with Gasteiger partial charge in [0, 0.05) is 34.7 Å². The third-order valence-electron chi connectivity index (χ3n) is 6.90. The van der Waals surface area contributed by atoms with Crippen LogP contribution in [0.1, 0.15) is 49.1 Å². The average molecular weight is 472 g/mol. The maximum absolute atomic E-state index is 13.6. The Morgan fingerprint density at radius 1 is 1.32 bits per heavy atom. The number of carbonyl (C=O) groups is 3. The van der Waals surface area contributed by atoms with Crippen LogP contribution in [-0.4, -0.2) is 46.3 Å². The molecule has 1 saturated carbocycles. The number of aromatic carboxylic acids is 1. The van der Waals surface area contributed by atoms with Crippen molar-refractivity contribution in [1.29, 1.82) is 0 Å². The van der Waals surface area contributed by atoms with Crippen molar-refractivity contribution < 1.29 is 41.8 Å². The van der Waals surface area contributed by atoms with Gasteiger partial charge < -0.3 is 24.1 Å². The smallest absolute Gasteiger partial charge is 0.432 e. The Labute approximate surface area is 188 Å². The SMILES string of the molecule is COc1cccc2cc(C(=O)N3C[C@H]4C[C@@]45C3=CC(=O)c3[nH]c(C(F)(F)F)c(C(=O)O)c35)oc12. The molecular weight excluding hydrogens is 457 g/mol. The summed E-state index contributed by atoms with van der Waals surface area (Å²) in [7, 11) is 1.46. The predicted molar refractivity (Wildman–Crippen MR) is 109 cm³/mol. The first-order chi connectivity index (χ1) is 16.1. The summed E-state index contributed by atoms with van der Waals surface area (Å²) in [5, 5.41) is 10.3. The van der Waals surface area contributed by atoms with Gasteiger partial charge in [-0.1, -0.05) is 12.1 Å². The second-order valence-electron chi connectivity index (χ2n) is 8.60. The molecule has 1 aliphatic heterocycles. The minimum atomic E-state index is -4.99. The zero-order valence-electron chi connectivity index (χ0n) is 17.4. The minimum Gasteiger partial charge on any atom is -0.493 e. The number of nitrogens with zero attached hydrogens (tertiary/aromatic N) is 1. The van der Waals surface area contributed by atoms with Gasteiger partial charge in [0.15, 0.2) is 17.1 Å². The van der Waals surface area contributed by atoms with Crippen molar-refractivity contribution in [2.24, 2.45) is 5.92 Å². The fourth-order valence-electron chi connectivity index (χ4n) is 5.45. The van der Waals surface area contributed by atoms with Crippen LogP contribution in [0.25, 0.3) is 11.0 Å². The molecule has 3 aliphatic rings. The number of amides is 1. The van der Waals surface area contributed by atoms with Crippen molar-refractivity contribution in [3.05, 3.63) is 64.3 Å². The molecular formula is C23H15F3N2O6. The first-order valence-electron chi connectivity index (χ1n) is 10.3. The zero-order chi connectivity index (χ0) is 24.2. The number of methoxy groups -OCH3 is 1. The molecule has 34 heavy (non-hydrogen) atoms. The summed E-state index contributed by atoms with van der Waals surface area (Å²) < 4.78 is 51.7. The van der Waals surface area contributed by atoms with E-state index in [9.17, 15) is 32.7 Å². The maximum Gasteiger partial charge on any atom is 0.432 e. The lowest BCUT2D eigenvalue weighted by molar-refractivity contribution is -0.141. The molecule has 1 amide bonds. The lowest BCUT2D eigenvalue weighted by atomic mass is 9.82. The predicted octanol–water partition coefficient (Wildman–Crippen LogP) is 3.98. The molecule has 0 bridgehead atoms. The molecule has 11 heteroatoms. The topological polar surface area (TPSA) is 113 Å². The molecule has 2 aliphatic carbocycles. The second kappa shape index (κ2) is 6.31. The van der Waals surface area contributed by atoms with Gasteiger partial charge in [-0.05, 0) is 24.5 Å². The molecule has 0 radical (unpaired) electrons. The number of allylic oxidation sites excluding steroid dienone is 2. The number of aromatic amines is 1. The number of hydrogen-bond donors (Lipinski definition) is 2. The van der Waals surface area contributed by atoms with Crippen LogP contribution in [0, 0.1) is 5.92 Å². The number of carboxylic acids is 1. The van der Waals surface area contributed by atoms with Gasteiger partial charge in [-0.3, -0.25) is 9.59 Å². The molecule has 0 unspecified atom stereocenters. The van der Waals surface area contributed by atoms with Gasteiger partial charge in [0.1, 0.15) is 5.69 Å². The molecule has 2 N–H and O–H groups in total. The maximum atomic E-state index is 13.6. The molecule has 8 nitrogen and oxygen atoms in total. The average Bonchev–Trinajstić information content (AvgIpc) is 3.14. The number of hydrogen-bond acceptors (Lipinski definition) is 5. The van der Waals surface area contributed by atoms with Crippen molar-refractivity contribution >= 4 is 28.6 Å². The molecule has 2 atom stereocenters. The van der Waals surface area contributed by atoms with E-state index in [0.29, 0.717) is 23.1 Å². The summed E-state index contributed by atoms with van der Waals surface area (Å²) in [6.45, 7) is 0.122. The number of H-pyrrole nitrogens is 1. The van der Waals surface area contributed by atoms with E-state index in [-0.39, 0.29) is 29.5 Å². The Morgan fingerprint density at radius 2 is 2.09 bits per heavy atom. The van der Waals surface area contributed by atoms with Crippen molar-refractivity contribution in [3.8, 4) is 5.75 Å². The first kappa shape index (κ1) is 20.6. The third-order valence-corrected chi connectivity index (χ3v) is 6.90. The normalized spacial score (nSPS) is 22.8. The highest BCUT2D eigenvalue weighted by atomic mass is 19.4. The third kappa shape index (κ3) is 2.46. The molecule has 1 spiro atoms. The Balaban J connectivity index is 1.46. The number of para-hydroxylation sites is 1. The van der Waals surface area contributed by atoms with Crippen LogP contribution in [0.3, 0.4) is 0 Å². The molecule has 3 aromatic rings. The fraction of sp³-hybridized carbons (Fsp3) is 0.261. The summed E-state index contributed by atoms with van der Waals surface area (Å²) in [4.78, 5) is 41.4. The van der Waals surface area contributed by atoms with Crippen molar-refractivity contribution in [1.82, 2.24) is 9.88 Å². The number of ketones is 1. The fourth-order valence-corrected chi connectivity index (χ4v) is 5.45. The van der Waals surface area contributed by atoms with E-state index in [2.05, 4.69) is 0 Å². The van der Waals surface area contributed by atoms with E-state index in [1.807, 2.05) is 4.98 Å². The number of furan rings is 1. The van der Waals surface area contributed by atoms with Crippen molar-refractivity contribution in [2.75, 3.05) is 13.7 Å².